The lowest BCUT2D eigenvalue weighted by Crippen LogP contribution is -2.51. The second-order valence-corrected chi connectivity index (χ2v) is 11.4. The molecule has 0 aliphatic carbocycles. The smallest absolute Gasteiger partial charge is 0.410 e. The molecular weight excluding hydrogens is 551 g/mol. The van der Waals surface area contributed by atoms with Crippen molar-refractivity contribution in [3.05, 3.63) is 62.5 Å². The van der Waals surface area contributed by atoms with Gasteiger partial charge >= 0.3 is 18.0 Å². The molecule has 0 bridgehead atoms. The maximum absolute atomic E-state index is 13.9. The Hall–Kier alpha value is -3.51. The van der Waals surface area contributed by atoms with E-state index >= 15 is 0 Å². The first-order valence-electron chi connectivity index (χ1n) is 12.1. The molecule has 10 nitrogen and oxygen atoms in total. The van der Waals surface area contributed by atoms with Gasteiger partial charge in [0, 0.05) is 46.9 Å². The molecule has 1 fully saturated rings. The van der Waals surface area contributed by atoms with Gasteiger partial charge in [0.05, 0.1) is 18.6 Å². The second kappa shape index (κ2) is 11.3. The number of piperidine rings is 1. The van der Waals surface area contributed by atoms with E-state index in [0.29, 0.717) is 16.4 Å². The molecule has 2 aliphatic rings. The van der Waals surface area contributed by atoms with Gasteiger partial charge in [0.25, 0.3) is 0 Å². The monoisotopic (exact) mass is 578 g/mol. The van der Waals surface area contributed by atoms with Crippen LogP contribution in [-0.2, 0) is 19.1 Å². The third-order valence-electron chi connectivity index (χ3n) is 6.32. The number of aromatic nitrogens is 1. The van der Waals surface area contributed by atoms with Crippen LogP contribution in [-0.4, -0.2) is 64.7 Å². The van der Waals surface area contributed by atoms with Crippen LogP contribution in [0.4, 0.5) is 9.18 Å². The van der Waals surface area contributed by atoms with Crippen molar-refractivity contribution in [2.24, 2.45) is 16.8 Å². The topological polar surface area (TPSA) is 130 Å². The second-order valence-electron chi connectivity index (χ2n) is 10.1. The molecule has 1 aromatic heterocycles. The number of rotatable bonds is 5. The molecule has 1 unspecified atom stereocenters. The first-order chi connectivity index (χ1) is 18.4. The Morgan fingerprint density at radius 2 is 2.03 bits per heavy atom. The number of benzene rings is 1. The van der Waals surface area contributed by atoms with Gasteiger partial charge in [0.1, 0.15) is 17.5 Å². The van der Waals surface area contributed by atoms with Gasteiger partial charge in [-0.25, -0.2) is 19.0 Å². The highest BCUT2D eigenvalue weighted by Crippen LogP contribution is 2.41. The molecular formula is C26H28ClFN4O6S. The van der Waals surface area contributed by atoms with Crippen molar-refractivity contribution in [3.8, 4) is 0 Å². The maximum Gasteiger partial charge on any atom is 0.410 e. The van der Waals surface area contributed by atoms with Crippen LogP contribution in [0, 0.1) is 17.7 Å². The molecule has 0 saturated carbocycles. The molecule has 1 amide bonds. The van der Waals surface area contributed by atoms with E-state index in [-0.39, 0.29) is 35.8 Å². The molecule has 1 aromatic carbocycles. The summed E-state index contributed by atoms with van der Waals surface area (Å²) in [6, 6.07) is 2.72. The van der Waals surface area contributed by atoms with E-state index in [1.54, 1.807) is 32.3 Å². The molecule has 1 saturated heterocycles. The molecule has 0 radical (unpaired) electrons. The lowest BCUT2D eigenvalue weighted by atomic mass is 9.79. The van der Waals surface area contributed by atoms with Crippen molar-refractivity contribution in [2.75, 3.05) is 20.2 Å². The number of nitrogens with one attached hydrogen (secondary N) is 1. The highest BCUT2D eigenvalue weighted by molar-refractivity contribution is 7.11. The van der Waals surface area contributed by atoms with Gasteiger partial charge in [-0.05, 0) is 39.3 Å². The Bertz CT molecular complexity index is 1340. The SMILES string of the molecule is COC(=O)C1=C([C@H]2CCN(C(=O)OC(C)(C)C)C[C@H]2C(=O)O)NC(c2nccs2)=NC1c1ccc(F)cc1Cl. The van der Waals surface area contributed by atoms with Crippen molar-refractivity contribution >= 4 is 46.8 Å². The molecule has 13 heteroatoms. The molecule has 0 spiro atoms. The van der Waals surface area contributed by atoms with Crippen molar-refractivity contribution in [3.63, 3.8) is 0 Å². The van der Waals surface area contributed by atoms with Gasteiger partial charge in [-0.3, -0.25) is 9.79 Å². The van der Waals surface area contributed by atoms with Crippen LogP contribution < -0.4 is 5.32 Å². The van der Waals surface area contributed by atoms with Crippen LogP contribution >= 0.6 is 22.9 Å². The highest BCUT2D eigenvalue weighted by atomic mass is 35.5. The van der Waals surface area contributed by atoms with Crippen molar-refractivity contribution in [1.29, 1.82) is 0 Å². The number of carboxylic acid groups (broad SMARTS) is 1. The fraction of sp³-hybridized carbons (Fsp3) is 0.423. The minimum Gasteiger partial charge on any atom is -0.481 e. The summed E-state index contributed by atoms with van der Waals surface area (Å²) < 4.78 is 24.4. The summed E-state index contributed by atoms with van der Waals surface area (Å²) in [6.45, 7) is 5.23. The number of allylic oxidation sites excluding steroid dienone is 1. The zero-order valence-corrected chi connectivity index (χ0v) is 23.3. The number of amides is 1. The number of carbonyl (C=O) groups excluding carboxylic acids is 2. The molecule has 2 N–H and O–H groups in total. The Kier molecular flexibility index (Phi) is 8.26. The minimum atomic E-state index is -1.15. The van der Waals surface area contributed by atoms with Crippen LogP contribution in [0.5, 0.6) is 0 Å². The number of halogens is 2. The van der Waals surface area contributed by atoms with E-state index in [1.807, 2.05) is 0 Å². The van der Waals surface area contributed by atoms with Gasteiger partial charge in [0.15, 0.2) is 10.8 Å². The van der Waals surface area contributed by atoms with Crippen LogP contribution in [0.1, 0.15) is 43.8 Å². The van der Waals surface area contributed by atoms with E-state index < -0.39 is 47.3 Å². The number of ether oxygens (including phenoxy) is 2. The number of nitrogens with zero attached hydrogens (tertiary/aromatic N) is 3. The lowest BCUT2D eigenvalue weighted by Gasteiger charge is -2.40. The summed E-state index contributed by atoms with van der Waals surface area (Å²) >= 11 is 7.69. The summed E-state index contributed by atoms with van der Waals surface area (Å²) in [5, 5.41) is 15.6. The van der Waals surface area contributed by atoms with Crippen LogP contribution in [0.25, 0.3) is 0 Å². The molecule has 4 rings (SSSR count). The van der Waals surface area contributed by atoms with Crippen LogP contribution in [0.15, 0.2) is 46.0 Å². The number of carbonyl (C=O) groups is 3. The number of thiazole rings is 1. The minimum absolute atomic E-state index is 0.0411. The Balaban J connectivity index is 1.82. The number of esters is 1. The molecule has 3 atom stereocenters. The number of methoxy groups -OCH3 is 1. The van der Waals surface area contributed by atoms with E-state index in [1.165, 1.54) is 35.5 Å². The summed E-state index contributed by atoms with van der Waals surface area (Å²) in [7, 11) is 1.20. The normalized spacial score (nSPS) is 21.6. The quantitative estimate of drug-likeness (QED) is 0.499. The summed E-state index contributed by atoms with van der Waals surface area (Å²) in [4.78, 5) is 48.8. The van der Waals surface area contributed by atoms with E-state index in [2.05, 4.69) is 15.3 Å². The largest absolute Gasteiger partial charge is 0.481 e. The van der Waals surface area contributed by atoms with Gasteiger partial charge in [0.2, 0.25) is 0 Å². The third kappa shape index (κ3) is 6.22. The predicted molar refractivity (Wildman–Crippen MR) is 142 cm³/mol. The first-order valence-corrected chi connectivity index (χ1v) is 13.4. The van der Waals surface area contributed by atoms with Crippen LogP contribution in [0.3, 0.4) is 0 Å². The van der Waals surface area contributed by atoms with Crippen molar-refractivity contribution < 1.29 is 33.4 Å². The van der Waals surface area contributed by atoms with Crippen molar-refractivity contribution in [2.45, 2.75) is 38.8 Å². The predicted octanol–water partition coefficient (Wildman–Crippen LogP) is 4.41. The number of carboxylic acids is 1. The number of aliphatic carboxylic acids is 1. The number of hydrogen-bond donors (Lipinski definition) is 2. The summed E-state index contributed by atoms with van der Waals surface area (Å²) in [6.07, 6.45) is 1.17. The fourth-order valence-electron chi connectivity index (χ4n) is 4.63. The van der Waals surface area contributed by atoms with Gasteiger partial charge in [-0.2, -0.15) is 0 Å². The van der Waals surface area contributed by atoms with E-state index in [0.717, 1.165) is 6.07 Å². The lowest BCUT2D eigenvalue weighted by molar-refractivity contribution is -0.145. The van der Waals surface area contributed by atoms with Gasteiger partial charge in [-0.15, -0.1) is 11.3 Å². The average molecular weight is 579 g/mol. The van der Waals surface area contributed by atoms with E-state index in [9.17, 15) is 23.9 Å². The third-order valence-corrected chi connectivity index (χ3v) is 7.43. The number of amidine groups is 1. The molecule has 3 heterocycles. The number of likely N-dealkylation sites (tertiary alicyclic amines) is 1. The Morgan fingerprint density at radius 1 is 1.28 bits per heavy atom. The highest BCUT2D eigenvalue weighted by Gasteiger charge is 2.44. The van der Waals surface area contributed by atoms with E-state index in [4.69, 9.17) is 21.1 Å². The average Bonchev–Trinajstić information content (AvgIpc) is 3.41. The van der Waals surface area contributed by atoms with Crippen molar-refractivity contribution in [1.82, 2.24) is 15.2 Å². The summed E-state index contributed by atoms with van der Waals surface area (Å²) in [5.41, 5.74) is -0.0830. The maximum atomic E-state index is 13.9. The molecule has 208 valence electrons. The molecule has 2 aromatic rings. The molecule has 39 heavy (non-hydrogen) atoms. The van der Waals surface area contributed by atoms with Gasteiger partial charge < -0.3 is 24.8 Å². The van der Waals surface area contributed by atoms with Crippen LogP contribution in [0.2, 0.25) is 5.02 Å². The number of hydrogen-bond acceptors (Lipinski definition) is 9. The Labute approximate surface area is 233 Å². The number of aliphatic imine (C=N–C) groups is 1. The zero-order chi connectivity index (χ0) is 28.5. The molecule has 2 aliphatic heterocycles. The fourth-order valence-corrected chi connectivity index (χ4v) is 5.49. The van der Waals surface area contributed by atoms with Gasteiger partial charge in [-0.1, -0.05) is 17.7 Å². The first kappa shape index (κ1) is 28.5. The standard InChI is InChI=1S/C26H28ClFN4O6S/c1-26(2,3)38-25(36)32-9-7-14(16(12-32)23(33)34)19-18(24(35)37-4)20(15-6-5-13(28)11-17(15)27)31-21(30-19)22-29-8-10-39-22/h5-6,8,10-11,14,16,20H,7,9,12H2,1-4H3,(H,30,31)(H,33,34)/t14-,16+,20?/m0/s1. The Morgan fingerprint density at radius 3 is 2.62 bits per heavy atom. The zero-order valence-electron chi connectivity index (χ0n) is 21.7. The summed E-state index contributed by atoms with van der Waals surface area (Å²) in [5.74, 6) is -3.98.